The Bertz CT molecular complexity index is 1030. The van der Waals surface area contributed by atoms with Gasteiger partial charge in [0, 0.05) is 43.5 Å². The Hall–Kier alpha value is -2.88. The number of aromatic nitrogens is 2. The monoisotopic (exact) mass is 530 g/mol. The molecular formula is C23H27IN6O. The van der Waals surface area contributed by atoms with Crippen molar-refractivity contribution in [1.29, 1.82) is 0 Å². The second-order valence-electron chi connectivity index (χ2n) is 7.23. The molecule has 2 heterocycles. The predicted octanol–water partition coefficient (Wildman–Crippen LogP) is 3.67. The van der Waals surface area contributed by atoms with Gasteiger partial charge in [0.15, 0.2) is 5.96 Å². The number of anilines is 1. The Kier molecular flexibility index (Phi) is 8.05. The lowest BCUT2D eigenvalue weighted by Crippen LogP contribution is -2.40. The van der Waals surface area contributed by atoms with Gasteiger partial charge >= 0.3 is 0 Å². The summed E-state index contributed by atoms with van der Waals surface area (Å²) < 4.78 is 1.84. The third-order valence-corrected chi connectivity index (χ3v) is 5.07. The van der Waals surface area contributed by atoms with E-state index in [9.17, 15) is 4.79 Å². The van der Waals surface area contributed by atoms with Crippen LogP contribution in [0.4, 0.5) is 5.69 Å². The Morgan fingerprint density at radius 1 is 1.19 bits per heavy atom. The summed E-state index contributed by atoms with van der Waals surface area (Å²) in [5, 5.41) is 13.9. The number of nitrogens with zero attached hydrogens (tertiary/aromatic N) is 3. The zero-order chi connectivity index (χ0) is 20.8. The maximum Gasteiger partial charge on any atom is 0.225 e. The van der Waals surface area contributed by atoms with Crippen LogP contribution in [0.15, 0.2) is 72.0 Å². The molecule has 3 N–H and O–H groups in total. The number of nitrogens with one attached hydrogen (secondary N) is 3. The number of hydrogen-bond donors (Lipinski definition) is 3. The van der Waals surface area contributed by atoms with Crippen molar-refractivity contribution in [2.45, 2.75) is 25.8 Å². The molecule has 4 rings (SSSR count). The Morgan fingerprint density at radius 3 is 2.87 bits per heavy atom. The average Bonchev–Trinajstić information content (AvgIpc) is 3.30. The van der Waals surface area contributed by atoms with Crippen LogP contribution in [0.2, 0.25) is 0 Å². The molecule has 1 atom stereocenters. The lowest BCUT2D eigenvalue weighted by Gasteiger charge is -2.26. The number of halogens is 1. The van der Waals surface area contributed by atoms with Crippen LogP contribution in [0.3, 0.4) is 0 Å². The molecule has 1 aliphatic heterocycles. The quantitative estimate of drug-likeness (QED) is 0.258. The number of rotatable bonds is 6. The molecule has 0 aliphatic carbocycles. The topological polar surface area (TPSA) is 83.3 Å². The van der Waals surface area contributed by atoms with Gasteiger partial charge in [0.05, 0.1) is 12.2 Å². The molecule has 0 fully saturated rings. The molecule has 0 spiro atoms. The van der Waals surface area contributed by atoms with Gasteiger partial charge in [-0.1, -0.05) is 30.3 Å². The largest absolute Gasteiger partial charge is 0.357 e. The first-order chi connectivity index (χ1) is 14.7. The number of para-hydroxylation sites is 1. The van der Waals surface area contributed by atoms with E-state index in [2.05, 4.69) is 39.2 Å². The van der Waals surface area contributed by atoms with Gasteiger partial charge in [-0.05, 0) is 42.3 Å². The number of carbonyl (C=O) groups excluding carboxylic acids is 1. The summed E-state index contributed by atoms with van der Waals surface area (Å²) in [6.45, 7) is 4.00. The molecule has 0 saturated carbocycles. The zero-order valence-corrected chi connectivity index (χ0v) is 19.7. The van der Waals surface area contributed by atoms with Gasteiger partial charge in [-0.25, -0.2) is 9.67 Å². The molecule has 7 nitrogen and oxygen atoms in total. The van der Waals surface area contributed by atoms with E-state index >= 15 is 0 Å². The van der Waals surface area contributed by atoms with Gasteiger partial charge in [0.1, 0.15) is 0 Å². The molecule has 162 valence electrons. The SMILES string of the molecule is CCNC(=NCc1cccc(-n2cccn2)c1)NCC1CC(=O)Nc2ccccc21.I. The standard InChI is InChI=1S/C23H26N6O.HI/c1-2-24-23(25-15-17-7-5-8-19(13-17)29-12-6-11-27-29)26-16-18-14-22(30)28-21-10-4-3-9-20(18)21;/h3-13,18H,2,14-16H2,1H3,(H,28,30)(H2,24,25,26);1H. The van der Waals surface area contributed by atoms with Crippen LogP contribution in [0.1, 0.15) is 30.4 Å². The molecule has 1 amide bonds. The van der Waals surface area contributed by atoms with Crippen molar-refractivity contribution in [3.8, 4) is 5.69 Å². The molecule has 1 aromatic heterocycles. The fourth-order valence-corrected chi connectivity index (χ4v) is 3.63. The van der Waals surface area contributed by atoms with E-state index in [0.717, 1.165) is 35.0 Å². The van der Waals surface area contributed by atoms with Crippen molar-refractivity contribution in [3.05, 3.63) is 78.1 Å². The Balaban J connectivity index is 0.00000272. The third kappa shape index (κ3) is 5.84. The van der Waals surface area contributed by atoms with E-state index in [1.54, 1.807) is 6.20 Å². The first-order valence-electron chi connectivity index (χ1n) is 10.2. The number of guanidine groups is 1. The van der Waals surface area contributed by atoms with Crippen molar-refractivity contribution < 1.29 is 4.79 Å². The fourth-order valence-electron chi connectivity index (χ4n) is 3.63. The Labute approximate surface area is 199 Å². The van der Waals surface area contributed by atoms with Gasteiger partial charge in [0.2, 0.25) is 5.91 Å². The molecule has 1 unspecified atom stereocenters. The number of benzene rings is 2. The second-order valence-corrected chi connectivity index (χ2v) is 7.23. The van der Waals surface area contributed by atoms with Crippen LogP contribution in [-0.4, -0.2) is 34.7 Å². The number of amides is 1. The minimum atomic E-state index is 0. The van der Waals surface area contributed by atoms with Crippen LogP contribution in [0, 0.1) is 0 Å². The fraction of sp³-hybridized carbons (Fsp3) is 0.261. The van der Waals surface area contributed by atoms with Crippen molar-refractivity contribution in [2.24, 2.45) is 4.99 Å². The average molecular weight is 530 g/mol. The van der Waals surface area contributed by atoms with E-state index in [-0.39, 0.29) is 35.8 Å². The van der Waals surface area contributed by atoms with Crippen molar-refractivity contribution in [3.63, 3.8) is 0 Å². The van der Waals surface area contributed by atoms with E-state index in [1.165, 1.54) is 0 Å². The maximum absolute atomic E-state index is 12.1. The van der Waals surface area contributed by atoms with E-state index in [4.69, 9.17) is 4.99 Å². The summed E-state index contributed by atoms with van der Waals surface area (Å²) in [6.07, 6.45) is 4.16. The summed E-state index contributed by atoms with van der Waals surface area (Å²) >= 11 is 0. The lowest BCUT2D eigenvalue weighted by atomic mass is 9.90. The highest BCUT2D eigenvalue weighted by Crippen LogP contribution is 2.31. The normalized spacial score (nSPS) is 15.5. The first kappa shape index (κ1) is 22.8. The summed E-state index contributed by atoms with van der Waals surface area (Å²) in [7, 11) is 0. The summed E-state index contributed by atoms with van der Waals surface area (Å²) in [6, 6.07) is 18.1. The molecule has 0 radical (unpaired) electrons. The maximum atomic E-state index is 12.1. The molecule has 8 heteroatoms. The van der Waals surface area contributed by atoms with Crippen molar-refractivity contribution in [2.75, 3.05) is 18.4 Å². The highest BCUT2D eigenvalue weighted by atomic mass is 127. The molecule has 3 aromatic rings. The van der Waals surface area contributed by atoms with E-state index < -0.39 is 0 Å². The molecule has 1 aliphatic rings. The summed E-state index contributed by atoms with van der Waals surface area (Å²) in [5.74, 6) is 0.908. The minimum absolute atomic E-state index is 0. The summed E-state index contributed by atoms with van der Waals surface area (Å²) in [5.41, 5.74) is 4.17. The van der Waals surface area contributed by atoms with Gasteiger partial charge in [0.25, 0.3) is 0 Å². The van der Waals surface area contributed by atoms with E-state index in [0.29, 0.717) is 19.5 Å². The van der Waals surface area contributed by atoms with Crippen LogP contribution in [0.25, 0.3) is 5.69 Å². The first-order valence-corrected chi connectivity index (χ1v) is 10.2. The van der Waals surface area contributed by atoms with Crippen LogP contribution in [0.5, 0.6) is 0 Å². The van der Waals surface area contributed by atoms with Crippen molar-refractivity contribution >= 4 is 41.5 Å². The number of aliphatic imine (C=N–C) groups is 1. The lowest BCUT2D eigenvalue weighted by molar-refractivity contribution is -0.116. The van der Waals surface area contributed by atoms with Gasteiger partial charge in [-0.2, -0.15) is 5.10 Å². The van der Waals surface area contributed by atoms with Crippen molar-refractivity contribution in [1.82, 2.24) is 20.4 Å². The number of carbonyl (C=O) groups is 1. The van der Waals surface area contributed by atoms with Crippen LogP contribution >= 0.6 is 24.0 Å². The summed E-state index contributed by atoms with van der Waals surface area (Å²) in [4.78, 5) is 16.8. The molecule has 31 heavy (non-hydrogen) atoms. The smallest absolute Gasteiger partial charge is 0.225 e. The van der Waals surface area contributed by atoms with Crippen LogP contribution in [-0.2, 0) is 11.3 Å². The molecule has 0 saturated heterocycles. The minimum Gasteiger partial charge on any atom is -0.357 e. The highest BCUT2D eigenvalue weighted by Gasteiger charge is 2.24. The second kappa shape index (κ2) is 10.9. The third-order valence-electron chi connectivity index (χ3n) is 5.07. The van der Waals surface area contributed by atoms with Gasteiger partial charge in [-0.15, -0.1) is 24.0 Å². The van der Waals surface area contributed by atoms with Gasteiger partial charge < -0.3 is 16.0 Å². The molecular weight excluding hydrogens is 503 g/mol. The Morgan fingerprint density at radius 2 is 2.06 bits per heavy atom. The number of hydrogen-bond acceptors (Lipinski definition) is 3. The molecule has 2 aromatic carbocycles. The number of fused-ring (bicyclic) bond motifs is 1. The van der Waals surface area contributed by atoms with Crippen LogP contribution < -0.4 is 16.0 Å². The zero-order valence-electron chi connectivity index (χ0n) is 17.4. The molecule has 0 bridgehead atoms. The van der Waals surface area contributed by atoms with E-state index in [1.807, 2.05) is 54.2 Å². The highest BCUT2D eigenvalue weighted by molar-refractivity contribution is 14.0. The predicted molar refractivity (Wildman–Crippen MR) is 134 cm³/mol. The van der Waals surface area contributed by atoms with Gasteiger partial charge in [-0.3, -0.25) is 4.79 Å².